The van der Waals surface area contributed by atoms with Gasteiger partial charge in [-0.2, -0.15) is 0 Å². The standard InChI is InChI=1S/C13H26N2O2/c1-9-6-14-8-11(9)12(17)15-7-10(16)5-13(2,3)4/h9-11,14,16H,5-8H2,1-4H3,(H,15,17). The monoisotopic (exact) mass is 242 g/mol. The number of aliphatic hydroxyl groups is 1. The number of hydrogen-bond donors (Lipinski definition) is 3. The van der Waals surface area contributed by atoms with Crippen LogP contribution in [0.15, 0.2) is 0 Å². The van der Waals surface area contributed by atoms with E-state index in [4.69, 9.17) is 0 Å². The molecule has 1 saturated heterocycles. The number of aliphatic hydroxyl groups excluding tert-OH is 1. The predicted octanol–water partition coefficient (Wildman–Crippen LogP) is 0.755. The van der Waals surface area contributed by atoms with E-state index in [1.54, 1.807) is 0 Å². The van der Waals surface area contributed by atoms with Crippen LogP contribution >= 0.6 is 0 Å². The van der Waals surface area contributed by atoms with Crippen molar-refractivity contribution < 1.29 is 9.90 Å². The van der Waals surface area contributed by atoms with E-state index >= 15 is 0 Å². The van der Waals surface area contributed by atoms with E-state index in [-0.39, 0.29) is 17.2 Å². The summed E-state index contributed by atoms with van der Waals surface area (Å²) < 4.78 is 0. The third kappa shape index (κ3) is 5.04. The molecule has 1 heterocycles. The Morgan fingerprint density at radius 1 is 1.47 bits per heavy atom. The number of hydrogen-bond acceptors (Lipinski definition) is 3. The molecule has 4 heteroatoms. The first-order valence-electron chi connectivity index (χ1n) is 6.46. The van der Waals surface area contributed by atoms with Crippen molar-refractivity contribution >= 4 is 5.91 Å². The molecule has 3 unspecified atom stereocenters. The third-order valence-electron chi connectivity index (χ3n) is 3.21. The minimum absolute atomic E-state index is 0.0526. The van der Waals surface area contributed by atoms with Crippen LogP contribution in [0.3, 0.4) is 0 Å². The lowest BCUT2D eigenvalue weighted by atomic mass is 9.89. The number of carbonyl (C=O) groups is 1. The summed E-state index contributed by atoms with van der Waals surface area (Å²) in [6.45, 7) is 10.4. The van der Waals surface area contributed by atoms with Gasteiger partial charge in [-0.1, -0.05) is 27.7 Å². The zero-order chi connectivity index (χ0) is 13.1. The number of rotatable bonds is 4. The zero-order valence-electron chi connectivity index (χ0n) is 11.4. The minimum Gasteiger partial charge on any atom is -0.391 e. The summed E-state index contributed by atoms with van der Waals surface area (Å²) in [4.78, 5) is 11.9. The van der Waals surface area contributed by atoms with Crippen molar-refractivity contribution in [2.24, 2.45) is 17.3 Å². The van der Waals surface area contributed by atoms with Crippen LogP contribution in [-0.4, -0.2) is 36.8 Å². The molecule has 0 aromatic rings. The Bertz CT molecular complexity index is 261. The summed E-state index contributed by atoms with van der Waals surface area (Å²) in [5.41, 5.74) is 0.0896. The molecule has 1 aliphatic rings. The molecule has 3 atom stereocenters. The van der Waals surface area contributed by atoms with Crippen LogP contribution in [0.25, 0.3) is 0 Å². The maximum Gasteiger partial charge on any atom is 0.224 e. The molecule has 4 nitrogen and oxygen atoms in total. The molecule has 0 aliphatic carbocycles. The first kappa shape index (κ1) is 14.5. The highest BCUT2D eigenvalue weighted by Gasteiger charge is 2.29. The van der Waals surface area contributed by atoms with Crippen LogP contribution in [0.1, 0.15) is 34.1 Å². The Labute approximate surface area is 104 Å². The summed E-state index contributed by atoms with van der Waals surface area (Å²) in [7, 11) is 0. The number of carbonyl (C=O) groups excluding carboxylic acids is 1. The van der Waals surface area contributed by atoms with Crippen LogP contribution in [-0.2, 0) is 4.79 Å². The zero-order valence-corrected chi connectivity index (χ0v) is 11.4. The lowest BCUT2D eigenvalue weighted by molar-refractivity contribution is -0.125. The summed E-state index contributed by atoms with van der Waals surface area (Å²) in [6, 6.07) is 0. The fourth-order valence-corrected chi connectivity index (χ4v) is 2.29. The Hall–Kier alpha value is -0.610. The average molecular weight is 242 g/mol. The molecule has 0 saturated carbocycles. The highest BCUT2D eigenvalue weighted by atomic mass is 16.3. The van der Waals surface area contributed by atoms with Crippen LogP contribution in [0.4, 0.5) is 0 Å². The van der Waals surface area contributed by atoms with Crippen LogP contribution in [0.2, 0.25) is 0 Å². The van der Waals surface area contributed by atoms with Gasteiger partial charge >= 0.3 is 0 Å². The van der Waals surface area contributed by atoms with Gasteiger partial charge in [-0.05, 0) is 24.3 Å². The summed E-state index contributed by atoms with van der Waals surface area (Å²) in [5.74, 6) is 0.502. The van der Waals surface area contributed by atoms with Crippen LogP contribution in [0, 0.1) is 17.3 Å². The molecule has 3 N–H and O–H groups in total. The molecule has 1 amide bonds. The van der Waals surface area contributed by atoms with Crippen molar-refractivity contribution in [2.75, 3.05) is 19.6 Å². The fraction of sp³-hybridized carbons (Fsp3) is 0.923. The molecular weight excluding hydrogens is 216 g/mol. The Balaban J connectivity index is 2.28. The van der Waals surface area contributed by atoms with Crippen LogP contribution in [0.5, 0.6) is 0 Å². The topological polar surface area (TPSA) is 61.4 Å². The summed E-state index contributed by atoms with van der Waals surface area (Å²) >= 11 is 0. The van der Waals surface area contributed by atoms with Gasteiger partial charge < -0.3 is 15.7 Å². The second-order valence-corrected chi connectivity index (χ2v) is 6.41. The van der Waals surface area contributed by atoms with Crippen molar-refractivity contribution in [3.05, 3.63) is 0 Å². The van der Waals surface area contributed by atoms with Gasteiger partial charge in [0.2, 0.25) is 5.91 Å². The van der Waals surface area contributed by atoms with E-state index < -0.39 is 6.10 Å². The quantitative estimate of drug-likeness (QED) is 0.682. The highest BCUT2D eigenvalue weighted by Crippen LogP contribution is 2.20. The Morgan fingerprint density at radius 3 is 2.59 bits per heavy atom. The molecule has 0 spiro atoms. The van der Waals surface area contributed by atoms with Crippen molar-refractivity contribution in [2.45, 2.75) is 40.2 Å². The van der Waals surface area contributed by atoms with Crippen molar-refractivity contribution in [3.8, 4) is 0 Å². The second-order valence-electron chi connectivity index (χ2n) is 6.41. The van der Waals surface area contributed by atoms with Gasteiger partial charge in [0.05, 0.1) is 12.0 Å². The number of amides is 1. The average Bonchev–Trinajstić information content (AvgIpc) is 2.58. The molecular formula is C13H26N2O2. The van der Waals surface area contributed by atoms with E-state index in [0.29, 0.717) is 18.9 Å². The molecule has 100 valence electrons. The summed E-state index contributed by atoms with van der Waals surface area (Å²) in [6.07, 6.45) is 0.245. The molecule has 0 bridgehead atoms. The molecule has 1 fully saturated rings. The van der Waals surface area contributed by atoms with E-state index in [9.17, 15) is 9.90 Å². The second kappa shape index (κ2) is 5.83. The maximum absolute atomic E-state index is 11.9. The van der Waals surface area contributed by atoms with E-state index in [1.165, 1.54) is 0 Å². The lowest BCUT2D eigenvalue weighted by Gasteiger charge is -2.23. The maximum atomic E-state index is 11.9. The van der Waals surface area contributed by atoms with Crippen molar-refractivity contribution in [1.29, 1.82) is 0 Å². The smallest absolute Gasteiger partial charge is 0.224 e. The SMILES string of the molecule is CC1CNCC1C(=O)NCC(O)CC(C)(C)C. The Kier molecular flexibility index (Phi) is 4.95. The van der Waals surface area contributed by atoms with Gasteiger partial charge in [0.25, 0.3) is 0 Å². The van der Waals surface area contributed by atoms with E-state index in [0.717, 1.165) is 13.1 Å². The van der Waals surface area contributed by atoms with Crippen LogP contribution < -0.4 is 10.6 Å². The van der Waals surface area contributed by atoms with Gasteiger partial charge in [-0.3, -0.25) is 4.79 Å². The lowest BCUT2D eigenvalue weighted by Crippen LogP contribution is -2.39. The van der Waals surface area contributed by atoms with Crippen molar-refractivity contribution in [3.63, 3.8) is 0 Å². The molecule has 17 heavy (non-hydrogen) atoms. The van der Waals surface area contributed by atoms with Gasteiger partial charge in [0, 0.05) is 13.1 Å². The summed E-state index contributed by atoms with van der Waals surface area (Å²) in [5, 5.41) is 15.9. The Morgan fingerprint density at radius 2 is 2.12 bits per heavy atom. The first-order chi connectivity index (χ1) is 7.79. The van der Waals surface area contributed by atoms with Gasteiger partial charge in [0.1, 0.15) is 0 Å². The number of nitrogens with one attached hydrogen (secondary N) is 2. The molecule has 0 aromatic heterocycles. The van der Waals surface area contributed by atoms with E-state index in [1.807, 2.05) is 0 Å². The normalized spacial score (nSPS) is 26.9. The molecule has 0 aromatic carbocycles. The molecule has 1 aliphatic heterocycles. The first-order valence-corrected chi connectivity index (χ1v) is 6.46. The van der Waals surface area contributed by atoms with E-state index in [2.05, 4.69) is 38.3 Å². The molecule has 0 radical (unpaired) electrons. The third-order valence-corrected chi connectivity index (χ3v) is 3.21. The fourth-order valence-electron chi connectivity index (χ4n) is 2.29. The predicted molar refractivity (Wildman–Crippen MR) is 68.6 cm³/mol. The molecule has 1 rings (SSSR count). The van der Waals surface area contributed by atoms with Gasteiger partial charge in [-0.15, -0.1) is 0 Å². The van der Waals surface area contributed by atoms with Gasteiger partial charge in [0.15, 0.2) is 0 Å². The largest absolute Gasteiger partial charge is 0.391 e. The van der Waals surface area contributed by atoms with Gasteiger partial charge in [-0.25, -0.2) is 0 Å². The minimum atomic E-state index is -0.455. The highest BCUT2D eigenvalue weighted by molar-refractivity contribution is 5.79. The van der Waals surface area contributed by atoms with Crippen molar-refractivity contribution in [1.82, 2.24) is 10.6 Å².